The Morgan fingerprint density at radius 1 is 1.25 bits per heavy atom. The van der Waals surface area contributed by atoms with Crippen molar-refractivity contribution in [2.45, 2.75) is 46.0 Å². The van der Waals surface area contributed by atoms with Crippen molar-refractivity contribution >= 4 is 0 Å². The van der Waals surface area contributed by atoms with E-state index in [0.29, 0.717) is 0 Å². The highest BCUT2D eigenvalue weighted by molar-refractivity contribution is 4.77. The zero-order valence-corrected chi connectivity index (χ0v) is 8.60. The van der Waals surface area contributed by atoms with Crippen LogP contribution < -0.4 is 5.32 Å². The van der Waals surface area contributed by atoms with Crippen molar-refractivity contribution in [1.29, 1.82) is 0 Å². The first-order valence-electron chi connectivity index (χ1n) is 5.53. The van der Waals surface area contributed by atoms with Crippen LogP contribution >= 0.6 is 0 Å². The van der Waals surface area contributed by atoms with E-state index in [2.05, 4.69) is 19.2 Å². The zero-order chi connectivity index (χ0) is 8.81. The molecule has 1 nitrogen and oxygen atoms in total. The van der Waals surface area contributed by atoms with E-state index in [-0.39, 0.29) is 0 Å². The van der Waals surface area contributed by atoms with Crippen molar-refractivity contribution in [1.82, 2.24) is 5.32 Å². The standard InChI is InChI=1S/C11H23N/c1-3-4-5-6-12-9-11-7-10(2)8-11/h10-12H,3-9H2,1-2H3. The minimum atomic E-state index is 1.00. The summed E-state index contributed by atoms with van der Waals surface area (Å²) in [5.41, 5.74) is 0. The molecule has 0 aromatic carbocycles. The van der Waals surface area contributed by atoms with E-state index < -0.39 is 0 Å². The van der Waals surface area contributed by atoms with Gasteiger partial charge in [-0.2, -0.15) is 0 Å². The molecule has 0 radical (unpaired) electrons. The molecule has 1 aliphatic carbocycles. The molecular formula is C11H23N. The van der Waals surface area contributed by atoms with E-state index in [1.807, 2.05) is 0 Å². The van der Waals surface area contributed by atoms with Gasteiger partial charge in [-0.1, -0.05) is 26.7 Å². The molecule has 0 unspecified atom stereocenters. The summed E-state index contributed by atoms with van der Waals surface area (Å²) in [6.45, 7) is 7.12. The molecule has 1 fully saturated rings. The van der Waals surface area contributed by atoms with Crippen molar-refractivity contribution in [3.8, 4) is 0 Å². The van der Waals surface area contributed by atoms with Gasteiger partial charge in [0.2, 0.25) is 0 Å². The van der Waals surface area contributed by atoms with Crippen LogP contribution in [0.15, 0.2) is 0 Å². The first-order valence-corrected chi connectivity index (χ1v) is 5.53. The van der Waals surface area contributed by atoms with E-state index in [0.717, 1.165) is 11.8 Å². The fraction of sp³-hybridized carbons (Fsp3) is 1.00. The van der Waals surface area contributed by atoms with Gasteiger partial charge >= 0.3 is 0 Å². The third-order valence-electron chi connectivity index (χ3n) is 2.86. The number of rotatable bonds is 6. The predicted octanol–water partition coefficient (Wildman–Crippen LogP) is 2.81. The summed E-state index contributed by atoms with van der Waals surface area (Å²) < 4.78 is 0. The monoisotopic (exact) mass is 169 g/mol. The first kappa shape index (κ1) is 10.0. The van der Waals surface area contributed by atoms with Gasteiger partial charge in [0.1, 0.15) is 0 Å². The summed E-state index contributed by atoms with van der Waals surface area (Å²) in [5.74, 6) is 2.01. The molecule has 1 saturated carbocycles. The van der Waals surface area contributed by atoms with E-state index in [4.69, 9.17) is 0 Å². The second kappa shape index (κ2) is 5.58. The number of nitrogens with one attached hydrogen (secondary N) is 1. The van der Waals surface area contributed by atoms with Crippen LogP contribution in [-0.2, 0) is 0 Å². The van der Waals surface area contributed by atoms with Gasteiger partial charge in [-0.25, -0.2) is 0 Å². The molecule has 0 heterocycles. The van der Waals surface area contributed by atoms with Gasteiger partial charge in [-0.3, -0.25) is 0 Å². The average Bonchev–Trinajstić information content (AvgIpc) is 2.00. The van der Waals surface area contributed by atoms with Gasteiger partial charge in [0.05, 0.1) is 0 Å². The SMILES string of the molecule is CCCCCNCC1CC(C)C1. The van der Waals surface area contributed by atoms with Gasteiger partial charge in [0.25, 0.3) is 0 Å². The molecule has 72 valence electrons. The summed E-state index contributed by atoms with van der Waals surface area (Å²) in [6, 6.07) is 0. The van der Waals surface area contributed by atoms with Crippen molar-refractivity contribution < 1.29 is 0 Å². The van der Waals surface area contributed by atoms with Gasteiger partial charge in [0, 0.05) is 0 Å². The summed E-state index contributed by atoms with van der Waals surface area (Å²) in [5, 5.41) is 3.54. The molecule has 0 bridgehead atoms. The van der Waals surface area contributed by atoms with Crippen molar-refractivity contribution in [2.75, 3.05) is 13.1 Å². The molecule has 0 saturated heterocycles. The van der Waals surface area contributed by atoms with Gasteiger partial charge < -0.3 is 5.32 Å². The third kappa shape index (κ3) is 3.57. The molecule has 1 aliphatic rings. The Bertz CT molecular complexity index is 106. The van der Waals surface area contributed by atoms with Crippen LogP contribution in [0.2, 0.25) is 0 Å². The first-order chi connectivity index (χ1) is 5.83. The Morgan fingerprint density at radius 3 is 2.58 bits per heavy atom. The minimum absolute atomic E-state index is 1.00. The number of hydrogen-bond acceptors (Lipinski definition) is 1. The maximum absolute atomic E-state index is 3.54. The average molecular weight is 169 g/mol. The normalized spacial score (nSPS) is 28.5. The highest BCUT2D eigenvalue weighted by Crippen LogP contribution is 2.32. The molecule has 0 aromatic rings. The lowest BCUT2D eigenvalue weighted by molar-refractivity contribution is 0.206. The van der Waals surface area contributed by atoms with E-state index in [1.54, 1.807) is 0 Å². The molecule has 1 rings (SSSR count). The fourth-order valence-corrected chi connectivity index (χ4v) is 2.04. The van der Waals surface area contributed by atoms with Crippen LogP contribution in [0.4, 0.5) is 0 Å². The van der Waals surface area contributed by atoms with Crippen molar-refractivity contribution in [2.24, 2.45) is 11.8 Å². The molecular weight excluding hydrogens is 146 g/mol. The Hall–Kier alpha value is -0.0400. The van der Waals surface area contributed by atoms with Crippen LogP contribution in [0.5, 0.6) is 0 Å². The van der Waals surface area contributed by atoms with E-state index in [1.165, 1.54) is 45.2 Å². The highest BCUT2D eigenvalue weighted by Gasteiger charge is 2.24. The third-order valence-corrected chi connectivity index (χ3v) is 2.86. The molecule has 0 aromatic heterocycles. The number of hydrogen-bond donors (Lipinski definition) is 1. The lowest BCUT2D eigenvalue weighted by Crippen LogP contribution is -2.32. The summed E-state index contributed by atoms with van der Waals surface area (Å²) in [4.78, 5) is 0. The lowest BCUT2D eigenvalue weighted by atomic mass is 9.76. The Morgan fingerprint density at radius 2 is 2.00 bits per heavy atom. The van der Waals surface area contributed by atoms with Crippen LogP contribution in [-0.4, -0.2) is 13.1 Å². The molecule has 1 heteroatoms. The second-order valence-corrected chi connectivity index (χ2v) is 4.35. The topological polar surface area (TPSA) is 12.0 Å². The second-order valence-electron chi connectivity index (χ2n) is 4.35. The van der Waals surface area contributed by atoms with E-state index in [9.17, 15) is 0 Å². The van der Waals surface area contributed by atoms with Crippen LogP contribution in [0.25, 0.3) is 0 Å². The Labute approximate surface area is 76.9 Å². The molecule has 1 N–H and O–H groups in total. The maximum atomic E-state index is 3.54. The van der Waals surface area contributed by atoms with Crippen LogP contribution in [0.3, 0.4) is 0 Å². The molecule has 0 amide bonds. The highest BCUT2D eigenvalue weighted by atomic mass is 14.9. The smallest absolute Gasteiger partial charge is 0.00203 e. The lowest BCUT2D eigenvalue weighted by Gasteiger charge is -2.32. The zero-order valence-electron chi connectivity index (χ0n) is 8.60. The molecule has 0 spiro atoms. The summed E-state index contributed by atoms with van der Waals surface area (Å²) >= 11 is 0. The van der Waals surface area contributed by atoms with Crippen LogP contribution in [0, 0.1) is 11.8 Å². The maximum Gasteiger partial charge on any atom is -0.00203 e. The Balaban J connectivity index is 1.77. The summed E-state index contributed by atoms with van der Waals surface area (Å²) in [6.07, 6.45) is 7.00. The molecule has 0 atom stereocenters. The largest absolute Gasteiger partial charge is 0.316 e. The Kier molecular flexibility index (Phi) is 4.67. The predicted molar refractivity (Wildman–Crippen MR) is 54.3 cm³/mol. The molecule has 0 aliphatic heterocycles. The van der Waals surface area contributed by atoms with E-state index >= 15 is 0 Å². The van der Waals surface area contributed by atoms with Gasteiger partial charge in [0.15, 0.2) is 0 Å². The van der Waals surface area contributed by atoms with Crippen molar-refractivity contribution in [3.05, 3.63) is 0 Å². The van der Waals surface area contributed by atoms with Gasteiger partial charge in [-0.05, 0) is 44.2 Å². The van der Waals surface area contributed by atoms with Crippen molar-refractivity contribution in [3.63, 3.8) is 0 Å². The van der Waals surface area contributed by atoms with Gasteiger partial charge in [-0.15, -0.1) is 0 Å². The van der Waals surface area contributed by atoms with Crippen LogP contribution in [0.1, 0.15) is 46.0 Å². The number of unbranched alkanes of at least 4 members (excludes halogenated alkanes) is 2. The molecule has 12 heavy (non-hydrogen) atoms. The minimum Gasteiger partial charge on any atom is -0.316 e. The fourth-order valence-electron chi connectivity index (χ4n) is 2.04. The summed E-state index contributed by atoms with van der Waals surface area (Å²) in [7, 11) is 0. The quantitative estimate of drug-likeness (QED) is 0.603.